The molecule has 0 amide bonds. The van der Waals surface area contributed by atoms with E-state index in [-0.39, 0.29) is 21.9 Å². The third kappa shape index (κ3) is 3.25. The summed E-state index contributed by atoms with van der Waals surface area (Å²) in [5, 5.41) is -0.105. The van der Waals surface area contributed by atoms with Crippen molar-refractivity contribution in [3.05, 3.63) is 29.0 Å². The molecule has 0 bridgehead atoms. The fraction of sp³-hybridized carbons (Fsp3) is 0.500. The predicted octanol–water partition coefficient (Wildman–Crippen LogP) is 1.71. The molecule has 1 aromatic rings. The number of hydrogen-bond acceptors (Lipinski definition) is 3. The first-order valence-corrected chi connectivity index (χ1v) is 7.81. The molecule has 0 saturated carbocycles. The Morgan fingerprint density at radius 2 is 2.11 bits per heavy atom. The minimum Gasteiger partial charge on any atom is -0.304 e. The molecular weight excluding hydrogens is 291 g/mol. The van der Waals surface area contributed by atoms with Gasteiger partial charge in [0.15, 0.2) is 0 Å². The van der Waals surface area contributed by atoms with E-state index in [2.05, 4.69) is 9.62 Å². The highest BCUT2D eigenvalue weighted by molar-refractivity contribution is 7.89. The van der Waals surface area contributed by atoms with E-state index in [4.69, 9.17) is 11.6 Å². The number of sulfonamides is 1. The standard InChI is InChI=1S/C12H16ClFN2O2S/c1-8-6-16(2)7-11(8)15-19(17,18)12-4-3-9(14)5-10(12)13/h3-5,8,11,15H,6-7H2,1-2H3/t8-,11+/m0/s1. The number of nitrogens with one attached hydrogen (secondary N) is 1. The Labute approximate surface area is 117 Å². The van der Waals surface area contributed by atoms with Crippen molar-refractivity contribution in [3.63, 3.8) is 0 Å². The van der Waals surface area contributed by atoms with E-state index in [9.17, 15) is 12.8 Å². The number of nitrogens with zero attached hydrogens (tertiary/aromatic N) is 1. The minimum absolute atomic E-state index is 0.0858. The number of rotatable bonds is 3. The zero-order valence-electron chi connectivity index (χ0n) is 10.7. The average Bonchev–Trinajstić information content (AvgIpc) is 2.55. The zero-order valence-corrected chi connectivity index (χ0v) is 12.3. The Hall–Kier alpha value is -0.690. The maximum absolute atomic E-state index is 12.9. The molecule has 0 unspecified atom stereocenters. The Morgan fingerprint density at radius 3 is 2.63 bits per heavy atom. The highest BCUT2D eigenvalue weighted by atomic mass is 35.5. The van der Waals surface area contributed by atoms with Crippen molar-refractivity contribution < 1.29 is 12.8 Å². The van der Waals surface area contributed by atoms with Crippen LogP contribution in [-0.2, 0) is 10.0 Å². The Balaban J connectivity index is 2.23. The van der Waals surface area contributed by atoms with Crippen LogP contribution < -0.4 is 4.72 Å². The summed E-state index contributed by atoms with van der Waals surface area (Å²) in [5.41, 5.74) is 0. The van der Waals surface area contributed by atoms with Gasteiger partial charge in [-0.2, -0.15) is 0 Å². The molecule has 1 aliphatic rings. The lowest BCUT2D eigenvalue weighted by Gasteiger charge is -2.17. The lowest BCUT2D eigenvalue weighted by molar-refractivity contribution is 0.400. The van der Waals surface area contributed by atoms with Crippen LogP contribution in [0, 0.1) is 11.7 Å². The molecule has 1 aromatic carbocycles. The van der Waals surface area contributed by atoms with E-state index in [0.717, 1.165) is 18.7 Å². The zero-order chi connectivity index (χ0) is 14.2. The van der Waals surface area contributed by atoms with E-state index in [1.165, 1.54) is 6.07 Å². The number of halogens is 2. The second-order valence-electron chi connectivity index (χ2n) is 5.00. The van der Waals surface area contributed by atoms with E-state index < -0.39 is 15.8 Å². The van der Waals surface area contributed by atoms with E-state index >= 15 is 0 Å². The molecule has 2 rings (SSSR count). The second-order valence-corrected chi connectivity index (χ2v) is 7.09. The molecule has 106 valence electrons. The average molecular weight is 307 g/mol. The van der Waals surface area contributed by atoms with Crippen molar-refractivity contribution >= 4 is 21.6 Å². The molecule has 1 fully saturated rings. The van der Waals surface area contributed by atoms with Crippen LogP contribution in [0.3, 0.4) is 0 Å². The predicted molar refractivity (Wildman–Crippen MR) is 72.2 cm³/mol. The summed E-state index contributed by atoms with van der Waals surface area (Å²) in [4.78, 5) is 1.97. The highest BCUT2D eigenvalue weighted by Gasteiger charge is 2.32. The van der Waals surface area contributed by atoms with E-state index in [0.29, 0.717) is 6.54 Å². The van der Waals surface area contributed by atoms with Crippen LogP contribution >= 0.6 is 11.6 Å². The summed E-state index contributed by atoms with van der Waals surface area (Å²) in [7, 11) is -1.78. The molecule has 7 heteroatoms. The molecule has 4 nitrogen and oxygen atoms in total. The molecule has 0 radical (unpaired) electrons. The van der Waals surface area contributed by atoms with Gasteiger partial charge in [0.1, 0.15) is 10.7 Å². The van der Waals surface area contributed by atoms with Gasteiger partial charge in [0.25, 0.3) is 0 Å². The maximum atomic E-state index is 12.9. The summed E-state index contributed by atoms with van der Waals surface area (Å²) in [6.45, 7) is 3.48. The Morgan fingerprint density at radius 1 is 1.42 bits per heavy atom. The second kappa shape index (κ2) is 5.36. The van der Waals surface area contributed by atoms with Gasteiger partial charge in [-0.3, -0.25) is 0 Å². The minimum atomic E-state index is -3.72. The van der Waals surface area contributed by atoms with Gasteiger partial charge in [-0.25, -0.2) is 17.5 Å². The first-order valence-electron chi connectivity index (χ1n) is 5.95. The molecular formula is C12H16ClFN2O2S. The number of likely N-dealkylation sites (tertiary alicyclic amines) is 1. The Bertz CT molecular complexity index is 579. The SMILES string of the molecule is C[C@H]1CN(C)C[C@H]1NS(=O)(=O)c1ccc(F)cc1Cl. The topological polar surface area (TPSA) is 49.4 Å². The van der Waals surface area contributed by atoms with Gasteiger partial charge in [0.05, 0.1) is 5.02 Å². The number of hydrogen-bond donors (Lipinski definition) is 1. The van der Waals surface area contributed by atoms with Gasteiger partial charge in [0, 0.05) is 19.1 Å². The van der Waals surface area contributed by atoms with Gasteiger partial charge in [-0.1, -0.05) is 18.5 Å². The molecule has 19 heavy (non-hydrogen) atoms. The largest absolute Gasteiger partial charge is 0.304 e. The van der Waals surface area contributed by atoms with E-state index in [1.54, 1.807) is 0 Å². The van der Waals surface area contributed by atoms with Crippen LogP contribution in [0.25, 0.3) is 0 Å². The van der Waals surface area contributed by atoms with Crippen LogP contribution in [0.2, 0.25) is 5.02 Å². The van der Waals surface area contributed by atoms with Gasteiger partial charge in [-0.05, 0) is 31.2 Å². The maximum Gasteiger partial charge on any atom is 0.242 e. The van der Waals surface area contributed by atoms with Gasteiger partial charge in [0.2, 0.25) is 10.0 Å². The molecule has 1 N–H and O–H groups in total. The normalized spacial score (nSPS) is 24.8. The Kier molecular flexibility index (Phi) is 4.15. The van der Waals surface area contributed by atoms with E-state index in [1.807, 2.05) is 14.0 Å². The molecule has 1 aliphatic heterocycles. The monoisotopic (exact) mass is 306 g/mol. The molecule has 1 heterocycles. The summed E-state index contributed by atoms with van der Waals surface area (Å²) >= 11 is 5.79. The lowest BCUT2D eigenvalue weighted by Crippen LogP contribution is -2.39. The van der Waals surface area contributed by atoms with Crippen LogP contribution in [0.15, 0.2) is 23.1 Å². The molecule has 0 spiro atoms. The van der Waals surface area contributed by atoms with Gasteiger partial charge < -0.3 is 4.90 Å². The van der Waals surface area contributed by atoms with Crippen LogP contribution in [0.5, 0.6) is 0 Å². The lowest BCUT2D eigenvalue weighted by atomic mass is 10.1. The molecule has 0 aromatic heterocycles. The quantitative estimate of drug-likeness (QED) is 0.925. The summed E-state index contributed by atoms with van der Waals surface area (Å²) < 4.78 is 40.1. The fourth-order valence-corrected chi connectivity index (χ4v) is 4.19. The van der Waals surface area contributed by atoms with Crippen molar-refractivity contribution in [1.29, 1.82) is 0 Å². The third-order valence-electron chi connectivity index (χ3n) is 3.28. The summed E-state index contributed by atoms with van der Waals surface area (Å²) in [5.74, 6) is -0.336. The highest BCUT2D eigenvalue weighted by Crippen LogP contribution is 2.24. The molecule has 0 aliphatic carbocycles. The van der Waals surface area contributed by atoms with Crippen LogP contribution in [0.1, 0.15) is 6.92 Å². The van der Waals surface area contributed by atoms with Crippen molar-refractivity contribution in [2.75, 3.05) is 20.1 Å². The summed E-state index contributed by atoms with van der Waals surface area (Å²) in [6, 6.07) is 3.12. The van der Waals surface area contributed by atoms with Crippen LogP contribution in [0.4, 0.5) is 4.39 Å². The fourth-order valence-electron chi connectivity index (χ4n) is 2.32. The van der Waals surface area contributed by atoms with Crippen LogP contribution in [-0.4, -0.2) is 39.5 Å². The van der Waals surface area contributed by atoms with Gasteiger partial charge in [-0.15, -0.1) is 0 Å². The summed E-state index contributed by atoms with van der Waals surface area (Å²) in [6.07, 6.45) is 0. The van der Waals surface area contributed by atoms with Crippen molar-refractivity contribution in [3.8, 4) is 0 Å². The number of benzene rings is 1. The smallest absolute Gasteiger partial charge is 0.242 e. The molecule has 1 saturated heterocycles. The molecule has 2 atom stereocenters. The third-order valence-corrected chi connectivity index (χ3v) is 5.26. The first kappa shape index (κ1) is 14.7. The number of likely N-dealkylation sites (N-methyl/N-ethyl adjacent to an activating group) is 1. The van der Waals surface area contributed by atoms with Crippen molar-refractivity contribution in [2.24, 2.45) is 5.92 Å². The first-order chi connectivity index (χ1) is 8.79. The van der Waals surface area contributed by atoms with Gasteiger partial charge >= 0.3 is 0 Å². The van der Waals surface area contributed by atoms with Crippen molar-refractivity contribution in [2.45, 2.75) is 17.9 Å². The van der Waals surface area contributed by atoms with Crippen molar-refractivity contribution in [1.82, 2.24) is 9.62 Å².